The first kappa shape index (κ1) is 27.1. The minimum absolute atomic E-state index is 0.222. The molecule has 0 radical (unpaired) electrons. The predicted octanol–water partition coefficient (Wildman–Crippen LogP) is 5.79. The number of hydrogen-bond acceptors (Lipinski definition) is 6. The van der Waals surface area contributed by atoms with Gasteiger partial charge in [-0.3, -0.25) is 9.36 Å². The van der Waals surface area contributed by atoms with Crippen molar-refractivity contribution in [1.82, 2.24) is 4.57 Å². The van der Waals surface area contributed by atoms with Gasteiger partial charge in [0.05, 0.1) is 28.5 Å². The van der Waals surface area contributed by atoms with E-state index in [9.17, 15) is 9.59 Å². The molecule has 1 aliphatic rings. The highest BCUT2D eigenvalue weighted by Crippen LogP contribution is 2.31. The molecule has 39 heavy (non-hydrogen) atoms. The van der Waals surface area contributed by atoms with Gasteiger partial charge < -0.3 is 9.47 Å². The molecule has 9 heteroatoms. The maximum absolute atomic E-state index is 13.9. The van der Waals surface area contributed by atoms with E-state index < -0.39 is 12.0 Å². The van der Waals surface area contributed by atoms with Crippen molar-refractivity contribution in [3.05, 3.63) is 130 Å². The SMILES string of the molecule is CCOC(=O)C1=C(C)N=c2s/c(=C\c3ccccc3OCc3ccc(Cl)cc3)c(=O)n2[C@H]1c1ccc(Br)cc1. The average Bonchev–Trinajstić information content (AvgIpc) is 3.23. The van der Waals surface area contributed by atoms with Crippen LogP contribution in [-0.4, -0.2) is 17.1 Å². The van der Waals surface area contributed by atoms with Crippen molar-refractivity contribution in [3.8, 4) is 5.75 Å². The van der Waals surface area contributed by atoms with Crippen LogP contribution in [-0.2, 0) is 16.1 Å². The number of thiazole rings is 1. The summed E-state index contributed by atoms with van der Waals surface area (Å²) in [6.07, 6.45) is 1.81. The molecule has 0 bridgehead atoms. The van der Waals surface area contributed by atoms with Crippen LogP contribution < -0.4 is 19.6 Å². The first-order valence-electron chi connectivity index (χ1n) is 12.3. The maximum atomic E-state index is 13.9. The molecule has 0 unspecified atom stereocenters. The Hall–Kier alpha value is -3.46. The number of hydrogen-bond donors (Lipinski definition) is 0. The van der Waals surface area contributed by atoms with Gasteiger partial charge in [0.1, 0.15) is 12.4 Å². The molecule has 0 saturated carbocycles. The average molecular weight is 624 g/mol. The highest BCUT2D eigenvalue weighted by Gasteiger charge is 2.33. The molecule has 0 aliphatic carbocycles. The molecule has 1 aromatic heterocycles. The monoisotopic (exact) mass is 622 g/mol. The van der Waals surface area contributed by atoms with E-state index in [1.165, 1.54) is 11.3 Å². The van der Waals surface area contributed by atoms with Crippen LogP contribution in [0.15, 0.2) is 98.3 Å². The van der Waals surface area contributed by atoms with E-state index in [0.717, 1.165) is 21.2 Å². The summed E-state index contributed by atoms with van der Waals surface area (Å²) in [5.41, 5.74) is 3.16. The van der Waals surface area contributed by atoms with Gasteiger partial charge in [-0.15, -0.1) is 0 Å². The Morgan fingerprint density at radius 2 is 1.82 bits per heavy atom. The summed E-state index contributed by atoms with van der Waals surface area (Å²) in [5, 5.41) is 0.664. The molecule has 0 amide bonds. The molecule has 0 N–H and O–H groups in total. The van der Waals surface area contributed by atoms with Crippen LogP contribution in [0.5, 0.6) is 5.75 Å². The van der Waals surface area contributed by atoms with E-state index in [0.29, 0.717) is 38.0 Å². The number of halogens is 2. The van der Waals surface area contributed by atoms with Crippen LogP contribution in [0.1, 0.15) is 36.6 Å². The van der Waals surface area contributed by atoms with Gasteiger partial charge in [0.25, 0.3) is 5.56 Å². The number of fused-ring (bicyclic) bond motifs is 1. The van der Waals surface area contributed by atoms with Crippen LogP contribution in [0, 0.1) is 0 Å². The first-order chi connectivity index (χ1) is 18.9. The van der Waals surface area contributed by atoms with Crippen LogP contribution in [0.25, 0.3) is 6.08 Å². The molecule has 0 saturated heterocycles. The quantitative estimate of drug-likeness (QED) is 0.244. The van der Waals surface area contributed by atoms with Gasteiger partial charge in [-0.1, -0.05) is 81.3 Å². The van der Waals surface area contributed by atoms with Crippen molar-refractivity contribution < 1.29 is 14.3 Å². The smallest absolute Gasteiger partial charge is 0.338 e. The second-order valence-electron chi connectivity index (χ2n) is 8.81. The molecular weight excluding hydrogens is 600 g/mol. The van der Waals surface area contributed by atoms with Gasteiger partial charge in [0, 0.05) is 15.1 Å². The zero-order chi connectivity index (χ0) is 27.5. The number of carbonyl (C=O) groups is 1. The van der Waals surface area contributed by atoms with Gasteiger partial charge in [-0.05, 0) is 61.4 Å². The van der Waals surface area contributed by atoms with Crippen molar-refractivity contribution in [3.63, 3.8) is 0 Å². The number of rotatable bonds is 7. The standard InChI is InChI=1S/C30H24BrClN2O4S/c1-3-37-29(36)26-18(2)33-30-34(27(26)20-10-12-22(31)13-11-20)28(35)25(39-30)16-21-6-4-5-7-24(21)38-17-19-8-14-23(32)15-9-19/h4-16,27H,3,17H2,1-2H3/b25-16-/t27-/m0/s1. The zero-order valence-corrected chi connectivity index (χ0v) is 24.3. The van der Waals surface area contributed by atoms with Gasteiger partial charge >= 0.3 is 5.97 Å². The number of ether oxygens (including phenoxy) is 2. The number of carbonyl (C=O) groups excluding carboxylic acids is 1. The molecule has 198 valence electrons. The number of allylic oxidation sites excluding steroid dienone is 1. The summed E-state index contributed by atoms with van der Waals surface area (Å²) in [5.74, 6) is 0.160. The summed E-state index contributed by atoms with van der Waals surface area (Å²) in [6.45, 7) is 4.11. The number of benzene rings is 3. The lowest BCUT2D eigenvalue weighted by Crippen LogP contribution is -2.39. The highest BCUT2D eigenvalue weighted by molar-refractivity contribution is 9.10. The van der Waals surface area contributed by atoms with Crippen molar-refractivity contribution in [1.29, 1.82) is 0 Å². The molecule has 0 fully saturated rings. The molecule has 1 aliphatic heterocycles. The Balaban J connectivity index is 1.59. The first-order valence-corrected chi connectivity index (χ1v) is 14.3. The summed E-state index contributed by atoms with van der Waals surface area (Å²) in [7, 11) is 0. The van der Waals surface area contributed by atoms with E-state index >= 15 is 0 Å². The number of esters is 1. The Morgan fingerprint density at radius 1 is 1.10 bits per heavy atom. The second-order valence-corrected chi connectivity index (χ2v) is 11.2. The fourth-order valence-corrected chi connectivity index (χ4v) is 5.79. The zero-order valence-electron chi connectivity index (χ0n) is 21.2. The molecule has 1 atom stereocenters. The summed E-state index contributed by atoms with van der Waals surface area (Å²) < 4.78 is 14.4. The topological polar surface area (TPSA) is 69.9 Å². The molecule has 5 rings (SSSR count). The molecule has 2 heterocycles. The largest absolute Gasteiger partial charge is 0.488 e. The summed E-state index contributed by atoms with van der Waals surface area (Å²) in [6, 6.07) is 21.9. The summed E-state index contributed by atoms with van der Waals surface area (Å²) in [4.78, 5) is 32.1. The second kappa shape index (κ2) is 11.7. The fourth-order valence-electron chi connectivity index (χ4n) is 4.37. The third kappa shape index (κ3) is 5.78. The maximum Gasteiger partial charge on any atom is 0.338 e. The van der Waals surface area contributed by atoms with Crippen LogP contribution >= 0.6 is 38.9 Å². The lowest BCUT2D eigenvalue weighted by Gasteiger charge is -2.24. The van der Waals surface area contributed by atoms with Crippen LogP contribution in [0.2, 0.25) is 5.02 Å². The van der Waals surface area contributed by atoms with Gasteiger partial charge in [-0.25, -0.2) is 9.79 Å². The molecule has 3 aromatic carbocycles. The van der Waals surface area contributed by atoms with E-state index in [1.54, 1.807) is 18.4 Å². The van der Waals surface area contributed by atoms with Crippen molar-refractivity contribution >= 4 is 50.9 Å². The lowest BCUT2D eigenvalue weighted by molar-refractivity contribution is -0.139. The fraction of sp³-hybridized carbons (Fsp3) is 0.167. The van der Waals surface area contributed by atoms with E-state index in [-0.39, 0.29) is 12.2 Å². The third-order valence-corrected chi connectivity index (χ3v) is 7.98. The predicted molar refractivity (Wildman–Crippen MR) is 157 cm³/mol. The third-order valence-electron chi connectivity index (χ3n) is 6.22. The van der Waals surface area contributed by atoms with E-state index in [2.05, 4.69) is 20.9 Å². The highest BCUT2D eigenvalue weighted by atomic mass is 79.9. The van der Waals surface area contributed by atoms with Crippen LogP contribution in [0.3, 0.4) is 0 Å². The Morgan fingerprint density at radius 3 is 2.54 bits per heavy atom. The number of nitrogens with zero attached hydrogens (tertiary/aromatic N) is 2. The summed E-state index contributed by atoms with van der Waals surface area (Å²) >= 11 is 10.7. The molecular formula is C30H24BrClN2O4S. The number of aromatic nitrogens is 1. The normalized spacial score (nSPS) is 15.1. The number of para-hydroxylation sites is 1. The van der Waals surface area contributed by atoms with Crippen molar-refractivity contribution in [2.75, 3.05) is 6.61 Å². The van der Waals surface area contributed by atoms with Crippen molar-refractivity contribution in [2.45, 2.75) is 26.5 Å². The molecule has 6 nitrogen and oxygen atoms in total. The van der Waals surface area contributed by atoms with Gasteiger partial charge in [0.2, 0.25) is 0 Å². The van der Waals surface area contributed by atoms with Crippen molar-refractivity contribution in [2.24, 2.45) is 4.99 Å². The van der Waals surface area contributed by atoms with E-state index in [4.69, 9.17) is 21.1 Å². The Labute approximate surface area is 242 Å². The Bertz CT molecular complexity index is 1740. The molecule has 4 aromatic rings. The lowest BCUT2D eigenvalue weighted by atomic mass is 9.96. The van der Waals surface area contributed by atoms with E-state index in [1.807, 2.05) is 78.9 Å². The minimum Gasteiger partial charge on any atom is -0.488 e. The minimum atomic E-state index is -0.660. The Kier molecular flexibility index (Phi) is 8.16. The van der Waals surface area contributed by atoms with Crippen LogP contribution in [0.4, 0.5) is 0 Å². The van der Waals surface area contributed by atoms with Gasteiger partial charge in [0.15, 0.2) is 4.80 Å². The van der Waals surface area contributed by atoms with Gasteiger partial charge in [-0.2, -0.15) is 0 Å². The molecule has 0 spiro atoms.